The molecule has 2 heterocycles. The average molecular weight is 590 g/mol. The van der Waals surface area contributed by atoms with Crippen LogP contribution in [0.5, 0.6) is 0 Å². The molecule has 0 fully saturated rings. The largest absolute Gasteiger partial charge is 0.309 e. The lowest BCUT2D eigenvalue weighted by Gasteiger charge is -2.23. The van der Waals surface area contributed by atoms with Crippen molar-refractivity contribution in [3.05, 3.63) is 163 Å². The van der Waals surface area contributed by atoms with Crippen LogP contribution in [0.15, 0.2) is 152 Å². The molecule has 9 rings (SSSR count). The maximum absolute atomic E-state index is 5.35. The van der Waals surface area contributed by atoms with E-state index in [0.717, 1.165) is 45.1 Å². The van der Waals surface area contributed by atoms with Gasteiger partial charge in [0.2, 0.25) is 0 Å². The van der Waals surface area contributed by atoms with E-state index in [9.17, 15) is 0 Å². The first-order chi connectivity index (χ1) is 22.6. The van der Waals surface area contributed by atoms with Crippen LogP contribution in [0, 0.1) is 0 Å². The van der Waals surface area contributed by atoms with E-state index in [2.05, 4.69) is 146 Å². The predicted octanol–water partition coefficient (Wildman–Crippen LogP) is 10.9. The van der Waals surface area contributed by atoms with E-state index in [0.29, 0.717) is 0 Å². The molecule has 0 radical (unpaired) electrons. The van der Waals surface area contributed by atoms with Crippen molar-refractivity contribution < 1.29 is 0 Å². The van der Waals surface area contributed by atoms with Crippen molar-refractivity contribution in [2.75, 3.05) is 0 Å². The molecule has 3 nitrogen and oxygen atoms in total. The Morgan fingerprint density at radius 2 is 1.13 bits per heavy atom. The van der Waals surface area contributed by atoms with Crippen LogP contribution >= 0.6 is 0 Å². The molecule has 0 spiro atoms. The quantitative estimate of drug-likeness (QED) is 0.204. The molecule has 8 aromatic rings. The topological polar surface area (TPSA) is 30.7 Å². The molecule has 0 unspecified atom stereocenters. The molecule has 0 N–H and O–H groups in total. The Labute approximate surface area is 268 Å². The Morgan fingerprint density at radius 1 is 0.522 bits per heavy atom. The minimum atomic E-state index is -0.178. The van der Waals surface area contributed by atoms with E-state index in [1.165, 1.54) is 38.5 Å². The number of rotatable bonds is 4. The van der Waals surface area contributed by atoms with Gasteiger partial charge in [-0.15, -0.1) is 0 Å². The predicted molar refractivity (Wildman–Crippen MR) is 190 cm³/mol. The summed E-state index contributed by atoms with van der Waals surface area (Å²) in [6.07, 6.45) is 0. The van der Waals surface area contributed by atoms with E-state index in [1.807, 2.05) is 24.3 Å². The highest BCUT2D eigenvalue weighted by atomic mass is 15.0. The molecule has 0 saturated carbocycles. The van der Waals surface area contributed by atoms with Gasteiger partial charge in [0.15, 0.2) is 5.82 Å². The number of para-hydroxylation sites is 2. The van der Waals surface area contributed by atoms with Crippen LogP contribution < -0.4 is 0 Å². The van der Waals surface area contributed by atoms with Gasteiger partial charge in [0.1, 0.15) is 0 Å². The minimum absolute atomic E-state index is 0.178. The Balaban J connectivity index is 1.48. The normalized spacial score (nSPS) is 13.2. The third kappa shape index (κ3) is 3.92. The Bertz CT molecular complexity index is 2360. The van der Waals surface area contributed by atoms with Crippen molar-refractivity contribution in [1.82, 2.24) is 14.5 Å². The van der Waals surface area contributed by atoms with Crippen LogP contribution in [-0.4, -0.2) is 14.5 Å². The second-order valence-corrected chi connectivity index (χ2v) is 12.6. The fourth-order valence-electron chi connectivity index (χ4n) is 7.43. The summed E-state index contributed by atoms with van der Waals surface area (Å²) in [5.41, 5.74) is 13.6. The Kier molecular flexibility index (Phi) is 5.85. The minimum Gasteiger partial charge on any atom is -0.309 e. The van der Waals surface area contributed by atoms with Gasteiger partial charge in [0.05, 0.1) is 22.4 Å². The maximum atomic E-state index is 5.35. The Hall–Kier alpha value is -5.80. The molecule has 0 atom stereocenters. The third-order valence-corrected chi connectivity index (χ3v) is 9.60. The van der Waals surface area contributed by atoms with Gasteiger partial charge in [-0.1, -0.05) is 135 Å². The fraction of sp³-hybridized carbons (Fsp3) is 0.0698. The van der Waals surface area contributed by atoms with Crippen LogP contribution in [0.25, 0.3) is 72.5 Å². The van der Waals surface area contributed by atoms with Crippen molar-refractivity contribution in [2.24, 2.45) is 0 Å². The second-order valence-electron chi connectivity index (χ2n) is 12.6. The number of fused-ring (bicyclic) bond motifs is 7. The first kappa shape index (κ1) is 26.6. The maximum Gasteiger partial charge on any atom is 0.160 e. The zero-order chi connectivity index (χ0) is 30.8. The van der Waals surface area contributed by atoms with Crippen LogP contribution in [0.1, 0.15) is 25.0 Å². The monoisotopic (exact) mass is 589 g/mol. The van der Waals surface area contributed by atoms with Gasteiger partial charge in [0.25, 0.3) is 0 Å². The van der Waals surface area contributed by atoms with Crippen LogP contribution in [0.2, 0.25) is 0 Å². The van der Waals surface area contributed by atoms with E-state index in [4.69, 9.17) is 9.97 Å². The molecule has 0 aliphatic heterocycles. The van der Waals surface area contributed by atoms with Gasteiger partial charge < -0.3 is 4.57 Å². The van der Waals surface area contributed by atoms with E-state index in [-0.39, 0.29) is 5.41 Å². The van der Waals surface area contributed by atoms with Gasteiger partial charge in [-0.25, -0.2) is 9.97 Å². The molecule has 46 heavy (non-hydrogen) atoms. The zero-order valence-electron chi connectivity index (χ0n) is 25.8. The fourth-order valence-corrected chi connectivity index (χ4v) is 7.43. The Morgan fingerprint density at radius 3 is 1.89 bits per heavy atom. The van der Waals surface area contributed by atoms with Crippen molar-refractivity contribution in [3.8, 4) is 50.7 Å². The summed E-state index contributed by atoms with van der Waals surface area (Å²) in [5, 5.41) is 2.51. The molecule has 1 aliphatic carbocycles. The molecule has 6 aromatic carbocycles. The summed E-state index contributed by atoms with van der Waals surface area (Å²) in [5.74, 6) is 0.718. The van der Waals surface area contributed by atoms with Crippen LogP contribution in [0.4, 0.5) is 0 Å². The van der Waals surface area contributed by atoms with E-state index < -0.39 is 0 Å². The molecule has 0 amide bonds. The second kappa shape index (κ2) is 10.1. The SMILES string of the molecule is CC1(C)c2ccccc2-c2c1cc(-c1cc(-c3ccccc3)nc(-c3ccccc3)n1)c1c2c2ccccc2n1-c1ccccc1. The van der Waals surface area contributed by atoms with Gasteiger partial charge in [-0.3, -0.25) is 0 Å². The molecule has 2 aromatic heterocycles. The number of aromatic nitrogens is 3. The average Bonchev–Trinajstić information content (AvgIpc) is 3.58. The van der Waals surface area contributed by atoms with Gasteiger partial charge in [0, 0.05) is 38.6 Å². The molecule has 0 bridgehead atoms. The summed E-state index contributed by atoms with van der Waals surface area (Å²) >= 11 is 0. The van der Waals surface area contributed by atoms with Crippen LogP contribution in [0.3, 0.4) is 0 Å². The number of nitrogens with zero attached hydrogens (tertiary/aromatic N) is 3. The lowest BCUT2D eigenvalue weighted by molar-refractivity contribution is 0.661. The van der Waals surface area contributed by atoms with Crippen molar-refractivity contribution in [1.29, 1.82) is 0 Å². The summed E-state index contributed by atoms with van der Waals surface area (Å²) in [4.78, 5) is 10.5. The summed E-state index contributed by atoms with van der Waals surface area (Å²) in [7, 11) is 0. The first-order valence-electron chi connectivity index (χ1n) is 15.9. The highest BCUT2D eigenvalue weighted by Crippen LogP contribution is 2.55. The molecular weight excluding hydrogens is 558 g/mol. The summed E-state index contributed by atoms with van der Waals surface area (Å²) in [6.45, 7) is 4.71. The first-order valence-corrected chi connectivity index (χ1v) is 15.9. The van der Waals surface area contributed by atoms with Crippen molar-refractivity contribution >= 4 is 21.8 Å². The number of hydrogen-bond acceptors (Lipinski definition) is 2. The van der Waals surface area contributed by atoms with Crippen LogP contribution in [-0.2, 0) is 5.41 Å². The van der Waals surface area contributed by atoms with E-state index in [1.54, 1.807) is 0 Å². The lowest BCUT2D eigenvalue weighted by Crippen LogP contribution is -2.15. The number of benzene rings is 6. The van der Waals surface area contributed by atoms with E-state index >= 15 is 0 Å². The highest BCUT2D eigenvalue weighted by molar-refractivity contribution is 6.21. The van der Waals surface area contributed by atoms with Crippen molar-refractivity contribution in [2.45, 2.75) is 19.3 Å². The van der Waals surface area contributed by atoms with Crippen molar-refractivity contribution in [3.63, 3.8) is 0 Å². The standard InChI is InChI=1S/C43H31N3/c1-43(2)34-24-14-12-22-31(34)39-35(43)26-33(41-40(39)32-23-13-15-25-38(32)46(41)30-20-10-5-11-21-30)37-27-36(28-16-6-3-7-17-28)44-42(45-37)29-18-8-4-9-19-29/h3-27H,1-2H3. The van der Waals surface area contributed by atoms with Gasteiger partial charge >= 0.3 is 0 Å². The number of hydrogen-bond donors (Lipinski definition) is 0. The summed E-state index contributed by atoms with van der Waals surface area (Å²) < 4.78 is 2.43. The van der Waals surface area contributed by atoms with Gasteiger partial charge in [-0.2, -0.15) is 0 Å². The summed E-state index contributed by atoms with van der Waals surface area (Å²) in [6, 6.07) is 53.8. The zero-order valence-corrected chi connectivity index (χ0v) is 25.8. The molecular formula is C43H31N3. The highest BCUT2D eigenvalue weighted by Gasteiger charge is 2.38. The smallest absolute Gasteiger partial charge is 0.160 e. The molecule has 218 valence electrons. The molecule has 0 saturated heterocycles. The lowest BCUT2D eigenvalue weighted by atomic mass is 9.81. The molecule has 3 heteroatoms. The van der Waals surface area contributed by atoms with Gasteiger partial charge in [-0.05, 0) is 52.6 Å². The third-order valence-electron chi connectivity index (χ3n) is 9.60. The molecule has 1 aliphatic rings.